The van der Waals surface area contributed by atoms with Gasteiger partial charge in [0.05, 0.1) is 5.02 Å². The van der Waals surface area contributed by atoms with Gasteiger partial charge in [-0.3, -0.25) is 9.69 Å². The predicted molar refractivity (Wildman–Crippen MR) is 116 cm³/mol. The highest BCUT2D eigenvalue weighted by Gasteiger charge is 2.46. The first-order valence-electron chi connectivity index (χ1n) is 8.97. The van der Waals surface area contributed by atoms with Gasteiger partial charge in [-0.05, 0) is 43.7 Å². The van der Waals surface area contributed by atoms with Crippen LogP contribution in [0.15, 0.2) is 34.5 Å². The van der Waals surface area contributed by atoms with Gasteiger partial charge in [0.15, 0.2) is 0 Å². The number of anilines is 1. The molecule has 1 fully saturated rings. The van der Waals surface area contributed by atoms with Crippen molar-refractivity contribution in [2.24, 2.45) is 5.73 Å². The highest BCUT2D eigenvalue weighted by molar-refractivity contribution is 7.91. The van der Waals surface area contributed by atoms with Crippen LogP contribution in [-0.2, 0) is 19.6 Å². The first-order valence-corrected chi connectivity index (χ1v) is 12.0. The van der Waals surface area contributed by atoms with Gasteiger partial charge in [0.25, 0.3) is 10.0 Å². The van der Waals surface area contributed by atoms with Gasteiger partial charge < -0.3 is 10.8 Å². The van der Waals surface area contributed by atoms with E-state index < -0.39 is 45.8 Å². The number of thiophene rings is 1. The molecule has 2 heterocycles. The molecular formula is C18H18Cl2FN3O5S2. The van der Waals surface area contributed by atoms with Crippen LogP contribution >= 0.6 is 34.5 Å². The Hall–Kier alpha value is -1.76. The maximum atomic E-state index is 13.4. The second-order valence-electron chi connectivity index (χ2n) is 6.97. The molecule has 3 N–H and O–H groups in total. The number of carboxylic acid groups (broad SMARTS) is 1. The molecule has 1 aromatic carbocycles. The number of halogens is 3. The first-order chi connectivity index (χ1) is 14.4. The Labute approximate surface area is 192 Å². The van der Waals surface area contributed by atoms with Crippen LogP contribution in [0.2, 0.25) is 9.36 Å². The molecular weight excluding hydrogens is 492 g/mol. The fourth-order valence-electron chi connectivity index (χ4n) is 3.31. The zero-order chi connectivity index (χ0) is 23.1. The highest BCUT2D eigenvalue weighted by atomic mass is 35.5. The molecule has 3 atom stereocenters. The van der Waals surface area contributed by atoms with Gasteiger partial charge in [-0.2, -0.15) is 4.31 Å². The highest BCUT2D eigenvalue weighted by Crippen LogP contribution is 2.38. The Morgan fingerprint density at radius 1 is 1.32 bits per heavy atom. The van der Waals surface area contributed by atoms with E-state index in [1.165, 1.54) is 25.1 Å². The SMILES string of the molecule is CC(C(=O)O)N(C(=O)C1C[C@@H](N)CN1S(=O)(=O)c1cc(Cl)c(Cl)s1)c1ccc(F)cc1. The van der Waals surface area contributed by atoms with Crippen LogP contribution in [0.25, 0.3) is 0 Å². The van der Waals surface area contributed by atoms with Gasteiger partial charge in [-0.25, -0.2) is 17.6 Å². The van der Waals surface area contributed by atoms with E-state index in [4.69, 9.17) is 28.9 Å². The summed E-state index contributed by atoms with van der Waals surface area (Å²) < 4.78 is 40.6. The quantitative estimate of drug-likeness (QED) is 0.617. The van der Waals surface area contributed by atoms with Gasteiger partial charge in [0, 0.05) is 18.3 Å². The second-order valence-corrected chi connectivity index (χ2v) is 11.2. The number of carboxylic acids is 1. The molecule has 0 bridgehead atoms. The first kappa shape index (κ1) is 23.9. The normalized spacial score (nSPS) is 20.5. The maximum absolute atomic E-state index is 13.4. The molecule has 1 aliphatic rings. The van der Waals surface area contributed by atoms with E-state index in [0.717, 1.165) is 32.7 Å². The third kappa shape index (κ3) is 4.71. The molecule has 3 rings (SSSR count). The zero-order valence-electron chi connectivity index (χ0n) is 16.0. The zero-order valence-corrected chi connectivity index (χ0v) is 19.2. The van der Waals surface area contributed by atoms with E-state index in [0.29, 0.717) is 0 Å². The molecule has 2 aromatic rings. The van der Waals surface area contributed by atoms with Crippen LogP contribution in [0.3, 0.4) is 0 Å². The third-order valence-corrected chi connectivity index (χ3v) is 9.03. The number of amides is 1. The van der Waals surface area contributed by atoms with E-state index in [-0.39, 0.29) is 32.2 Å². The minimum Gasteiger partial charge on any atom is -0.480 e. The number of hydrogen-bond donors (Lipinski definition) is 2. The number of nitrogens with two attached hydrogens (primary N) is 1. The van der Waals surface area contributed by atoms with Gasteiger partial charge in [0.2, 0.25) is 5.91 Å². The van der Waals surface area contributed by atoms with Gasteiger partial charge >= 0.3 is 5.97 Å². The number of benzene rings is 1. The van der Waals surface area contributed by atoms with Crippen molar-refractivity contribution in [1.29, 1.82) is 0 Å². The van der Waals surface area contributed by atoms with Crippen molar-refractivity contribution in [3.63, 3.8) is 0 Å². The number of sulfonamides is 1. The van der Waals surface area contributed by atoms with Crippen molar-refractivity contribution >= 4 is 62.1 Å². The van der Waals surface area contributed by atoms with Gasteiger partial charge in [-0.1, -0.05) is 23.2 Å². The summed E-state index contributed by atoms with van der Waals surface area (Å²) >= 11 is 12.5. The summed E-state index contributed by atoms with van der Waals surface area (Å²) in [7, 11) is -4.19. The standard InChI is InChI=1S/C18H18Cl2FN3O5S2/c1-9(18(26)27)24(12-4-2-10(21)3-5-12)17(25)14-6-11(22)8-23(14)31(28,29)15-7-13(19)16(20)30-15/h2-5,7,9,11,14H,6,8,22H2,1H3,(H,26,27)/t9?,11-,14?/m1/s1. The average Bonchev–Trinajstić information content (AvgIpc) is 3.26. The molecule has 2 unspecified atom stereocenters. The fourth-order valence-corrected chi connectivity index (χ4v) is 6.97. The van der Waals surface area contributed by atoms with Crippen LogP contribution in [0.1, 0.15) is 13.3 Å². The van der Waals surface area contributed by atoms with Crippen LogP contribution < -0.4 is 10.6 Å². The molecule has 13 heteroatoms. The molecule has 1 saturated heterocycles. The summed E-state index contributed by atoms with van der Waals surface area (Å²) in [5.74, 6) is -2.67. The molecule has 1 aliphatic heterocycles. The predicted octanol–water partition coefficient (Wildman–Crippen LogP) is 2.79. The van der Waals surface area contributed by atoms with Crippen LogP contribution in [0, 0.1) is 5.82 Å². The molecule has 1 aromatic heterocycles. The number of hydrogen-bond acceptors (Lipinski definition) is 6. The van der Waals surface area contributed by atoms with Crippen molar-refractivity contribution in [1.82, 2.24) is 4.31 Å². The molecule has 8 nitrogen and oxygen atoms in total. The number of rotatable bonds is 6. The Bertz CT molecular complexity index is 1090. The summed E-state index contributed by atoms with van der Waals surface area (Å²) in [5.41, 5.74) is 6.08. The molecule has 1 amide bonds. The summed E-state index contributed by atoms with van der Waals surface area (Å²) in [6, 6.07) is 2.59. The molecule has 0 spiro atoms. The van der Waals surface area contributed by atoms with E-state index >= 15 is 0 Å². The smallest absolute Gasteiger partial charge is 0.326 e. The lowest BCUT2D eigenvalue weighted by Crippen LogP contribution is -2.52. The molecule has 0 aliphatic carbocycles. The van der Waals surface area contributed by atoms with Crippen molar-refractivity contribution in [2.45, 2.75) is 35.7 Å². The lowest BCUT2D eigenvalue weighted by Gasteiger charge is -2.32. The van der Waals surface area contributed by atoms with Gasteiger partial charge in [0.1, 0.15) is 26.4 Å². The summed E-state index contributed by atoms with van der Waals surface area (Å²) in [5, 5.41) is 9.56. The summed E-state index contributed by atoms with van der Waals surface area (Å²) in [6.07, 6.45) is -0.0189. The summed E-state index contributed by atoms with van der Waals surface area (Å²) in [6.45, 7) is 1.13. The molecule has 31 heavy (non-hydrogen) atoms. The Kier molecular flexibility index (Phi) is 6.94. The van der Waals surface area contributed by atoms with E-state index in [9.17, 15) is 27.5 Å². The lowest BCUT2D eigenvalue weighted by atomic mass is 10.1. The maximum Gasteiger partial charge on any atom is 0.326 e. The molecule has 0 radical (unpaired) electrons. The molecule has 168 valence electrons. The Morgan fingerprint density at radius 2 is 1.94 bits per heavy atom. The summed E-state index contributed by atoms with van der Waals surface area (Å²) in [4.78, 5) is 26.0. The van der Waals surface area contributed by atoms with E-state index in [1.54, 1.807) is 0 Å². The molecule has 0 saturated carbocycles. The van der Waals surface area contributed by atoms with Gasteiger partial charge in [-0.15, -0.1) is 11.3 Å². The third-order valence-electron chi connectivity index (χ3n) is 4.85. The largest absolute Gasteiger partial charge is 0.480 e. The van der Waals surface area contributed by atoms with Crippen molar-refractivity contribution in [3.05, 3.63) is 45.5 Å². The second kappa shape index (κ2) is 9.00. The number of carbonyl (C=O) groups is 2. The van der Waals surface area contributed by atoms with Crippen LogP contribution in [0.4, 0.5) is 10.1 Å². The van der Waals surface area contributed by atoms with Crippen molar-refractivity contribution < 1.29 is 27.5 Å². The fraction of sp³-hybridized carbons (Fsp3) is 0.333. The van der Waals surface area contributed by atoms with Crippen LogP contribution in [-0.4, -0.2) is 54.4 Å². The van der Waals surface area contributed by atoms with Crippen molar-refractivity contribution in [3.8, 4) is 0 Å². The number of nitrogens with zero attached hydrogens (tertiary/aromatic N) is 2. The lowest BCUT2D eigenvalue weighted by molar-refractivity contribution is -0.140. The Morgan fingerprint density at radius 3 is 2.45 bits per heavy atom. The monoisotopic (exact) mass is 509 g/mol. The van der Waals surface area contributed by atoms with E-state index in [1.807, 2.05) is 0 Å². The number of carbonyl (C=O) groups excluding carboxylic acids is 1. The van der Waals surface area contributed by atoms with Crippen molar-refractivity contribution in [2.75, 3.05) is 11.4 Å². The minimum atomic E-state index is -4.19. The Balaban J connectivity index is 2.03. The minimum absolute atomic E-state index is 0.0189. The van der Waals surface area contributed by atoms with E-state index in [2.05, 4.69) is 0 Å². The topological polar surface area (TPSA) is 121 Å². The van der Waals surface area contributed by atoms with Crippen LogP contribution in [0.5, 0.6) is 0 Å². The average molecular weight is 510 g/mol. The number of aliphatic carboxylic acids is 1.